The zero-order chi connectivity index (χ0) is 13.9. The first-order valence-corrected chi connectivity index (χ1v) is 4.71. The molecule has 96 valence electrons. The molecule has 0 fully saturated rings. The van der Waals surface area contributed by atoms with Crippen LogP contribution < -0.4 is 4.74 Å². The van der Waals surface area contributed by atoms with Crippen LogP contribution >= 0.6 is 0 Å². The first-order chi connectivity index (χ1) is 8.38. The van der Waals surface area contributed by atoms with Gasteiger partial charge < -0.3 is 9.84 Å². The van der Waals surface area contributed by atoms with Crippen molar-refractivity contribution in [3.63, 3.8) is 0 Å². The van der Waals surface area contributed by atoms with E-state index in [4.69, 9.17) is 9.84 Å². The molecule has 0 unspecified atom stereocenters. The maximum atomic E-state index is 10.8. The van der Waals surface area contributed by atoms with Gasteiger partial charge in [0, 0.05) is 12.1 Å². The molecule has 0 spiro atoms. The molecule has 0 atom stereocenters. The SMILES string of the molecule is CCOc1c([N+](=O)[O-])cc(C(=O)O)cc1[N+](=O)[O-]. The molecule has 0 heterocycles. The molecule has 1 aromatic rings. The topological polar surface area (TPSA) is 133 Å². The van der Waals surface area contributed by atoms with Crippen LogP contribution in [-0.4, -0.2) is 27.5 Å². The fourth-order valence-electron chi connectivity index (χ4n) is 1.29. The van der Waals surface area contributed by atoms with Crippen molar-refractivity contribution in [2.45, 2.75) is 6.92 Å². The Bertz CT molecular complexity index is 491. The van der Waals surface area contributed by atoms with Crippen LogP contribution in [-0.2, 0) is 0 Å². The van der Waals surface area contributed by atoms with Crippen LogP contribution in [0.5, 0.6) is 5.75 Å². The largest absolute Gasteiger partial charge is 0.482 e. The Hall–Kier alpha value is -2.71. The van der Waals surface area contributed by atoms with Gasteiger partial charge in [-0.2, -0.15) is 0 Å². The van der Waals surface area contributed by atoms with E-state index in [1.807, 2.05) is 0 Å². The zero-order valence-corrected chi connectivity index (χ0v) is 9.15. The predicted molar refractivity (Wildman–Crippen MR) is 57.9 cm³/mol. The second-order valence-electron chi connectivity index (χ2n) is 3.10. The minimum absolute atomic E-state index is 0.0197. The Labute approximate surface area is 99.9 Å². The van der Waals surface area contributed by atoms with Crippen LogP contribution in [0.25, 0.3) is 0 Å². The number of carboxylic acids is 1. The van der Waals surface area contributed by atoms with E-state index >= 15 is 0 Å². The highest BCUT2D eigenvalue weighted by Gasteiger charge is 2.29. The minimum atomic E-state index is -1.50. The van der Waals surface area contributed by atoms with Gasteiger partial charge in [-0.3, -0.25) is 20.2 Å². The standard InChI is InChI=1S/C9H8N2O7/c1-2-18-8-6(10(14)15)3-5(9(12)13)4-7(8)11(16)17/h3-4H,2H2,1H3,(H,12,13). The van der Waals surface area contributed by atoms with Crippen LogP contribution in [0.1, 0.15) is 17.3 Å². The van der Waals surface area contributed by atoms with Crippen LogP contribution in [0.2, 0.25) is 0 Å². The number of aromatic carboxylic acids is 1. The second kappa shape index (κ2) is 5.08. The average Bonchev–Trinajstić information content (AvgIpc) is 2.28. The normalized spacial score (nSPS) is 9.83. The van der Waals surface area contributed by atoms with Gasteiger partial charge in [-0.15, -0.1) is 0 Å². The fraction of sp³-hybridized carbons (Fsp3) is 0.222. The molecule has 9 heteroatoms. The molecule has 0 aliphatic rings. The van der Waals surface area contributed by atoms with Crippen LogP contribution in [0.3, 0.4) is 0 Å². The number of rotatable bonds is 5. The molecule has 0 aromatic heterocycles. The Morgan fingerprint density at radius 1 is 1.28 bits per heavy atom. The molecule has 0 aliphatic heterocycles. The van der Waals surface area contributed by atoms with Crippen molar-refractivity contribution in [3.8, 4) is 5.75 Å². The molecule has 18 heavy (non-hydrogen) atoms. The van der Waals surface area contributed by atoms with Crippen molar-refractivity contribution < 1.29 is 24.5 Å². The molecular formula is C9H8N2O7. The molecule has 1 aromatic carbocycles. The summed E-state index contributed by atoms with van der Waals surface area (Å²) >= 11 is 0. The third-order valence-corrected chi connectivity index (χ3v) is 1.98. The lowest BCUT2D eigenvalue weighted by atomic mass is 10.1. The van der Waals surface area contributed by atoms with Gasteiger partial charge in [0.1, 0.15) is 0 Å². The van der Waals surface area contributed by atoms with Crippen LogP contribution in [0.15, 0.2) is 12.1 Å². The Morgan fingerprint density at radius 3 is 2.00 bits per heavy atom. The van der Waals surface area contributed by atoms with Crippen molar-refractivity contribution in [2.75, 3.05) is 6.61 Å². The summed E-state index contributed by atoms with van der Waals surface area (Å²) in [6.07, 6.45) is 0. The van der Waals surface area contributed by atoms with Gasteiger partial charge in [0.25, 0.3) is 5.75 Å². The summed E-state index contributed by atoms with van der Waals surface area (Å²) in [6.45, 7) is 1.48. The van der Waals surface area contributed by atoms with Crippen molar-refractivity contribution in [3.05, 3.63) is 37.9 Å². The van der Waals surface area contributed by atoms with E-state index in [1.54, 1.807) is 0 Å². The van der Waals surface area contributed by atoms with Crippen LogP contribution in [0, 0.1) is 20.2 Å². The summed E-state index contributed by atoms with van der Waals surface area (Å²) in [7, 11) is 0. The van der Waals surface area contributed by atoms with Gasteiger partial charge >= 0.3 is 17.3 Å². The Balaban J connectivity index is 3.59. The van der Waals surface area contributed by atoms with Crippen molar-refractivity contribution in [1.29, 1.82) is 0 Å². The third kappa shape index (κ3) is 2.51. The van der Waals surface area contributed by atoms with E-state index < -0.39 is 38.5 Å². The summed E-state index contributed by atoms with van der Waals surface area (Å²) in [5, 5.41) is 30.2. The Kier molecular flexibility index (Phi) is 3.77. The lowest BCUT2D eigenvalue weighted by molar-refractivity contribution is -0.396. The van der Waals surface area contributed by atoms with Crippen molar-refractivity contribution in [2.24, 2.45) is 0 Å². The maximum Gasteiger partial charge on any atom is 0.336 e. The van der Waals surface area contributed by atoms with Crippen molar-refractivity contribution in [1.82, 2.24) is 0 Å². The summed E-state index contributed by atoms with van der Waals surface area (Å²) in [4.78, 5) is 30.4. The van der Waals surface area contributed by atoms with Gasteiger partial charge in [-0.1, -0.05) is 0 Å². The number of ether oxygens (including phenoxy) is 1. The molecule has 0 radical (unpaired) electrons. The monoisotopic (exact) mass is 256 g/mol. The highest BCUT2D eigenvalue weighted by molar-refractivity contribution is 5.90. The number of carboxylic acid groups (broad SMARTS) is 1. The van der Waals surface area contributed by atoms with Gasteiger partial charge in [0.05, 0.1) is 22.0 Å². The number of nitro benzene ring substituents is 2. The summed E-state index contributed by atoms with van der Waals surface area (Å²) in [5.74, 6) is -2.04. The lowest BCUT2D eigenvalue weighted by Crippen LogP contribution is -2.05. The third-order valence-electron chi connectivity index (χ3n) is 1.98. The van der Waals surface area contributed by atoms with E-state index in [0.717, 1.165) is 12.1 Å². The molecule has 0 amide bonds. The molecule has 0 saturated carbocycles. The van der Waals surface area contributed by atoms with Crippen LogP contribution in [0.4, 0.5) is 11.4 Å². The summed E-state index contributed by atoms with van der Waals surface area (Å²) in [5.41, 5.74) is -2.04. The number of hydrogen-bond donors (Lipinski definition) is 1. The quantitative estimate of drug-likeness (QED) is 0.624. The van der Waals surface area contributed by atoms with E-state index in [2.05, 4.69) is 0 Å². The predicted octanol–water partition coefficient (Wildman–Crippen LogP) is 1.60. The Morgan fingerprint density at radius 2 is 1.72 bits per heavy atom. The molecule has 0 aliphatic carbocycles. The first-order valence-electron chi connectivity index (χ1n) is 4.71. The van der Waals surface area contributed by atoms with Gasteiger partial charge in [0.2, 0.25) is 0 Å². The maximum absolute atomic E-state index is 10.8. The summed E-state index contributed by atoms with van der Waals surface area (Å²) < 4.78 is 4.85. The average molecular weight is 256 g/mol. The van der Waals surface area contributed by atoms with E-state index in [0.29, 0.717) is 0 Å². The lowest BCUT2D eigenvalue weighted by Gasteiger charge is -2.05. The molecular weight excluding hydrogens is 248 g/mol. The highest BCUT2D eigenvalue weighted by atomic mass is 16.6. The van der Waals surface area contributed by atoms with E-state index in [9.17, 15) is 25.0 Å². The number of nitro groups is 2. The molecule has 9 nitrogen and oxygen atoms in total. The van der Waals surface area contributed by atoms with Crippen molar-refractivity contribution >= 4 is 17.3 Å². The number of benzene rings is 1. The highest BCUT2D eigenvalue weighted by Crippen LogP contribution is 2.37. The minimum Gasteiger partial charge on any atom is -0.482 e. The number of nitrogens with zero attached hydrogens (tertiary/aromatic N) is 2. The second-order valence-corrected chi connectivity index (χ2v) is 3.10. The van der Waals surface area contributed by atoms with E-state index in [1.165, 1.54) is 6.92 Å². The molecule has 0 bridgehead atoms. The van der Waals surface area contributed by atoms with Gasteiger partial charge in [-0.25, -0.2) is 4.79 Å². The molecule has 1 rings (SSSR count). The smallest absolute Gasteiger partial charge is 0.336 e. The first kappa shape index (κ1) is 13.4. The number of carbonyl (C=O) groups is 1. The van der Waals surface area contributed by atoms with Gasteiger partial charge in [0.15, 0.2) is 0 Å². The number of hydrogen-bond acceptors (Lipinski definition) is 6. The summed E-state index contributed by atoms with van der Waals surface area (Å²) in [6, 6.07) is 1.45. The molecule has 1 N–H and O–H groups in total. The van der Waals surface area contributed by atoms with E-state index in [-0.39, 0.29) is 6.61 Å². The zero-order valence-electron chi connectivity index (χ0n) is 9.15. The fourth-order valence-corrected chi connectivity index (χ4v) is 1.29. The molecule has 0 saturated heterocycles. The van der Waals surface area contributed by atoms with Gasteiger partial charge in [-0.05, 0) is 6.92 Å².